The molecule has 33 heavy (non-hydrogen) atoms. The molecule has 2 aromatic rings. The molecule has 0 saturated heterocycles. The van der Waals surface area contributed by atoms with Crippen LogP contribution in [0.1, 0.15) is 6.92 Å². The standard InChI is InChI=1S/C19H17F4N3O6S/c1-10(27)24-17(19(21,22)23)16-9-26(33(30,31)13-5-2-11(20)3-6-13)14-8-12(25-18(28)29)4-7-15(14)32-16/h2-8,16-17,25H,9H2,1H3,(H,24,27)(H,28,29)/t16-,17-/m0/s1. The number of fused-ring (bicyclic) bond motifs is 1. The van der Waals surface area contributed by atoms with Crippen molar-refractivity contribution in [1.82, 2.24) is 5.32 Å². The van der Waals surface area contributed by atoms with Gasteiger partial charge in [-0.25, -0.2) is 17.6 Å². The first kappa shape index (κ1) is 24.1. The normalized spacial score (nSPS) is 16.9. The molecule has 2 atom stereocenters. The first-order valence-corrected chi connectivity index (χ1v) is 10.7. The topological polar surface area (TPSA) is 125 Å². The Kier molecular flexibility index (Phi) is 6.40. The van der Waals surface area contributed by atoms with Gasteiger partial charge >= 0.3 is 12.3 Å². The number of carbonyl (C=O) groups is 2. The summed E-state index contributed by atoms with van der Waals surface area (Å²) in [5.41, 5.74) is -0.317. The third-order valence-corrected chi connectivity index (χ3v) is 6.38. The lowest BCUT2D eigenvalue weighted by Crippen LogP contribution is -2.59. The maximum atomic E-state index is 13.7. The fourth-order valence-electron chi connectivity index (χ4n) is 3.21. The number of ether oxygens (including phenoxy) is 1. The summed E-state index contributed by atoms with van der Waals surface area (Å²) in [6, 6.07) is 4.38. The molecule has 0 unspecified atom stereocenters. The van der Waals surface area contributed by atoms with Crippen LogP contribution in [0.15, 0.2) is 47.4 Å². The van der Waals surface area contributed by atoms with Gasteiger partial charge in [-0.05, 0) is 42.5 Å². The van der Waals surface area contributed by atoms with E-state index < -0.39 is 57.6 Å². The monoisotopic (exact) mass is 491 g/mol. The van der Waals surface area contributed by atoms with Crippen LogP contribution in [-0.2, 0) is 14.8 Å². The highest BCUT2D eigenvalue weighted by Gasteiger charge is 2.50. The molecule has 9 nitrogen and oxygen atoms in total. The Morgan fingerprint density at radius 2 is 1.82 bits per heavy atom. The molecule has 0 radical (unpaired) electrons. The Hall–Kier alpha value is -3.55. The van der Waals surface area contributed by atoms with E-state index >= 15 is 0 Å². The van der Waals surface area contributed by atoms with E-state index in [-0.39, 0.29) is 17.1 Å². The minimum Gasteiger partial charge on any atom is -0.484 e. The first-order chi connectivity index (χ1) is 15.3. The predicted octanol–water partition coefficient (Wildman–Crippen LogP) is 2.94. The van der Waals surface area contributed by atoms with E-state index in [1.54, 1.807) is 5.32 Å². The van der Waals surface area contributed by atoms with Crippen LogP contribution in [0.25, 0.3) is 0 Å². The minimum absolute atomic E-state index is 0.0724. The highest BCUT2D eigenvalue weighted by molar-refractivity contribution is 7.92. The molecule has 1 heterocycles. The molecule has 0 aromatic heterocycles. The Morgan fingerprint density at radius 3 is 2.36 bits per heavy atom. The van der Waals surface area contributed by atoms with Gasteiger partial charge in [-0.15, -0.1) is 0 Å². The highest BCUT2D eigenvalue weighted by Crippen LogP contribution is 2.41. The summed E-state index contributed by atoms with van der Waals surface area (Å²) < 4.78 is 86.8. The largest absolute Gasteiger partial charge is 0.484 e. The first-order valence-electron chi connectivity index (χ1n) is 9.22. The molecule has 178 valence electrons. The number of amides is 2. The molecule has 0 saturated carbocycles. The van der Waals surface area contributed by atoms with Crippen LogP contribution in [0.4, 0.5) is 33.7 Å². The van der Waals surface area contributed by atoms with Crippen LogP contribution < -0.4 is 19.7 Å². The van der Waals surface area contributed by atoms with Crippen LogP contribution in [0.2, 0.25) is 0 Å². The number of carbonyl (C=O) groups excluding carboxylic acids is 1. The number of hydrogen-bond donors (Lipinski definition) is 3. The van der Waals surface area contributed by atoms with E-state index in [0.29, 0.717) is 4.31 Å². The predicted molar refractivity (Wildman–Crippen MR) is 107 cm³/mol. The Labute approximate surface area is 185 Å². The summed E-state index contributed by atoms with van der Waals surface area (Å²) in [6.45, 7) is -0.0138. The third kappa shape index (κ3) is 5.27. The summed E-state index contributed by atoms with van der Waals surface area (Å²) in [7, 11) is -4.55. The lowest BCUT2D eigenvalue weighted by atomic mass is 10.1. The zero-order valence-corrected chi connectivity index (χ0v) is 17.6. The van der Waals surface area contributed by atoms with Gasteiger partial charge in [0.15, 0.2) is 6.04 Å². The Balaban J connectivity index is 2.13. The number of nitrogens with zero attached hydrogens (tertiary/aromatic N) is 1. The lowest BCUT2D eigenvalue weighted by molar-refractivity contribution is -0.177. The second kappa shape index (κ2) is 8.77. The third-order valence-electron chi connectivity index (χ3n) is 4.59. The summed E-state index contributed by atoms with van der Waals surface area (Å²) >= 11 is 0. The van der Waals surface area contributed by atoms with Gasteiger partial charge in [-0.2, -0.15) is 13.2 Å². The molecule has 0 aliphatic carbocycles. The van der Waals surface area contributed by atoms with Crippen LogP contribution >= 0.6 is 0 Å². The van der Waals surface area contributed by atoms with E-state index in [0.717, 1.165) is 43.3 Å². The zero-order valence-electron chi connectivity index (χ0n) is 16.8. The van der Waals surface area contributed by atoms with E-state index in [9.17, 15) is 35.6 Å². The van der Waals surface area contributed by atoms with E-state index in [2.05, 4.69) is 0 Å². The number of sulfonamides is 1. The number of nitrogens with one attached hydrogen (secondary N) is 2. The maximum Gasteiger partial charge on any atom is 0.412 e. The minimum atomic E-state index is -4.98. The van der Waals surface area contributed by atoms with Crippen molar-refractivity contribution in [1.29, 1.82) is 0 Å². The molecular weight excluding hydrogens is 474 g/mol. The average molecular weight is 491 g/mol. The number of anilines is 2. The van der Waals surface area contributed by atoms with E-state index in [4.69, 9.17) is 9.84 Å². The fourth-order valence-corrected chi connectivity index (χ4v) is 4.69. The molecule has 2 aromatic carbocycles. The summed E-state index contributed by atoms with van der Waals surface area (Å²) in [5, 5.41) is 12.7. The number of alkyl halides is 3. The fraction of sp³-hybridized carbons (Fsp3) is 0.263. The summed E-state index contributed by atoms with van der Waals surface area (Å²) in [6.07, 6.45) is -8.32. The van der Waals surface area contributed by atoms with Gasteiger partial charge in [-0.3, -0.25) is 14.4 Å². The summed E-state index contributed by atoms with van der Waals surface area (Å²) in [4.78, 5) is 21.9. The number of hydrogen-bond acceptors (Lipinski definition) is 5. The molecule has 3 rings (SSSR count). The van der Waals surface area contributed by atoms with Crippen LogP contribution in [0.5, 0.6) is 5.75 Å². The van der Waals surface area contributed by atoms with Gasteiger partial charge in [-0.1, -0.05) is 0 Å². The van der Waals surface area contributed by atoms with Gasteiger partial charge < -0.3 is 15.2 Å². The van der Waals surface area contributed by atoms with Gasteiger partial charge in [0.1, 0.15) is 17.7 Å². The van der Waals surface area contributed by atoms with Crippen molar-refractivity contribution in [2.45, 2.75) is 30.1 Å². The lowest BCUT2D eigenvalue weighted by Gasteiger charge is -2.39. The average Bonchev–Trinajstić information content (AvgIpc) is 2.70. The number of halogens is 4. The van der Waals surface area contributed by atoms with Crippen LogP contribution in [0.3, 0.4) is 0 Å². The maximum absolute atomic E-state index is 13.7. The smallest absolute Gasteiger partial charge is 0.412 e. The zero-order chi connectivity index (χ0) is 24.6. The molecule has 0 fully saturated rings. The SMILES string of the molecule is CC(=O)N[C@@H]([C@@H]1CN(S(=O)(=O)c2ccc(F)cc2)c2cc(NC(=O)O)ccc2O1)C(F)(F)F. The van der Waals surface area contributed by atoms with Crippen LogP contribution in [0, 0.1) is 5.82 Å². The molecular formula is C19H17F4N3O6S. The molecule has 3 N–H and O–H groups in total. The Bertz CT molecular complexity index is 1170. The molecule has 14 heteroatoms. The quantitative estimate of drug-likeness (QED) is 0.553. The van der Waals surface area contributed by atoms with Crippen molar-refractivity contribution in [3.8, 4) is 5.75 Å². The highest BCUT2D eigenvalue weighted by atomic mass is 32.2. The van der Waals surface area contributed by atoms with Gasteiger partial charge in [0, 0.05) is 12.6 Å². The Morgan fingerprint density at radius 1 is 1.18 bits per heavy atom. The second-order valence-electron chi connectivity index (χ2n) is 6.98. The summed E-state index contributed by atoms with van der Waals surface area (Å²) in [5.74, 6) is -2.04. The van der Waals surface area contributed by atoms with Crippen LogP contribution in [-0.4, -0.2) is 50.4 Å². The van der Waals surface area contributed by atoms with E-state index in [1.807, 2.05) is 5.32 Å². The number of benzene rings is 2. The van der Waals surface area contributed by atoms with Gasteiger partial charge in [0.05, 0.1) is 17.1 Å². The van der Waals surface area contributed by atoms with Crippen molar-refractivity contribution in [2.75, 3.05) is 16.2 Å². The van der Waals surface area contributed by atoms with Crippen molar-refractivity contribution in [3.05, 3.63) is 48.3 Å². The molecule has 0 spiro atoms. The number of carboxylic acid groups (broad SMARTS) is 1. The van der Waals surface area contributed by atoms with Crippen molar-refractivity contribution in [3.63, 3.8) is 0 Å². The van der Waals surface area contributed by atoms with Crippen molar-refractivity contribution < 1.29 is 45.4 Å². The van der Waals surface area contributed by atoms with E-state index in [1.165, 1.54) is 6.07 Å². The van der Waals surface area contributed by atoms with Gasteiger partial charge in [0.2, 0.25) is 5.91 Å². The molecule has 0 bridgehead atoms. The molecule has 1 aliphatic heterocycles. The van der Waals surface area contributed by atoms with Crippen molar-refractivity contribution >= 4 is 33.4 Å². The molecule has 2 amide bonds. The van der Waals surface area contributed by atoms with Gasteiger partial charge in [0.25, 0.3) is 10.0 Å². The van der Waals surface area contributed by atoms with Crippen molar-refractivity contribution in [2.24, 2.45) is 0 Å². The second-order valence-corrected chi connectivity index (χ2v) is 8.84. The molecule has 1 aliphatic rings. The number of rotatable bonds is 5.